The first-order valence-corrected chi connectivity index (χ1v) is 8.46. The number of ketones is 1. The molecule has 1 heterocycles. The van der Waals surface area contributed by atoms with Crippen LogP contribution in [0.2, 0.25) is 0 Å². The van der Waals surface area contributed by atoms with Gasteiger partial charge in [-0.2, -0.15) is 11.8 Å². The van der Waals surface area contributed by atoms with Gasteiger partial charge in [0.1, 0.15) is 5.75 Å². The van der Waals surface area contributed by atoms with Gasteiger partial charge in [-0.1, -0.05) is 19.3 Å². The highest BCUT2D eigenvalue weighted by Crippen LogP contribution is 2.28. The van der Waals surface area contributed by atoms with Crippen LogP contribution in [-0.4, -0.2) is 27.9 Å². The molecule has 0 radical (unpaired) electrons. The molecule has 1 fully saturated rings. The van der Waals surface area contributed by atoms with Crippen LogP contribution in [-0.2, 0) is 0 Å². The van der Waals surface area contributed by atoms with Crippen molar-refractivity contribution >= 4 is 17.5 Å². The monoisotopic (exact) mass is 293 g/mol. The summed E-state index contributed by atoms with van der Waals surface area (Å²) in [6, 6.07) is 1.80. The number of hydrogen-bond acceptors (Lipinski definition) is 4. The zero-order valence-electron chi connectivity index (χ0n) is 12.3. The summed E-state index contributed by atoms with van der Waals surface area (Å²) in [5.74, 6) is 1.38. The fraction of sp³-hybridized carbons (Fsp3) is 0.625. The Morgan fingerprint density at radius 1 is 1.35 bits per heavy atom. The zero-order chi connectivity index (χ0) is 14.4. The second kappa shape index (κ2) is 7.67. The average molecular weight is 293 g/mol. The van der Waals surface area contributed by atoms with Crippen LogP contribution >= 0.6 is 11.8 Å². The van der Waals surface area contributed by atoms with E-state index in [9.17, 15) is 4.79 Å². The third-order valence-corrected chi connectivity index (χ3v) is 4.78. The van der Waals surface area contributed by atoms with Crippen LogP contribution < -0.4 is 4.74 Å². The van der Waals surface area contributed by atoms with Crippen molar-refractivity contribution in [1.29, 1.82) is 0 Å². The standard InChI is InChI=1S/C16H23NO2S/c1-12(2)19-14-8-13(9-17-10-14)16(18)11-20-15-6-4-3-5-7-15/h8-10,12,15H,3-7,11H2,1-2H3. The number of carbonyl (C=O) groups is 1. The topological polar surface area (TPSA) is 39.2 Å². The Kier molecular flexibility index (Phi) is 5.89. The van der Waals surface area contributed by atoms with Crippen LogP contribution in [0.4, 0.5) is 0 Å². The third kappa shape index (κ3) is 4.82. The van der Waals surface area contributed by atoms with Crippen LogP contribution in [0.5, 0.6) is 5.75 Å². The number of pyridine rings is 1. The molecule has 4 heteroatoms. The number of nitrogens with zero attached hydrogens (tertiary/aromatic N) is 1. The summed E-state index contributed by atoms with van der Waals surface area (Å²) in [5, 5.41) is 0.663. The molecule has 0 aromatic carbocycles. The van der Waals surface area contributed by atoms with Crippen molar-refractivity contribution in [1.82, 2.24) is 4.98 Å². The van der Waals surface area contributed by atoms with Crippen LogP contribution in [0.15, 0.2) is 18.5 Å². The van der Waals surface area contributed by atoms with Gasteiger partial charge in [0.2, 0.25) is 0 Å². The predicted octanol–water partition coefficient (Wildman–Crippen LogP) is 4.12. The summed E-state index contributed by atoms with van der Waals surface area (Å²) >= 11 is 1.80. The molecule has 0 saturated heterocycles. The highest BCUT2D eigenvalue weighted by molar-refractivity contribution is 8.00. The van der Waals surface area contributed by atoms with Gasteiger partial charge in [-0.15, -0.1) is 0 Å². The van der Waals surface area contributed by atoms with E-state index in [1.165, 1.54) is 32.1 Å². The maximum atomic E-state index is 12.2. The second-order valence-corrected chi connectivity index (χ2v) is 6.86. The smallest absolute Gasteiger partial charge is 0.174 e. The Hall–Kier alpha value is -1.03. The van der Waals surface area contributed by atoms with Crippen molar-refractivity contribution < 1.29 is 9.53 Å². The molecule has 1 aliphatic carbocycles. The van der Waals surface area contributed by atoms with E-state index in [-0.39, 0.29) is 11.9 Å². The lowest BCUT2D eigenvalue weighted by atomic mass is 10.0. The molecule has 0 unspecified atom stereocenters. The first kappa shape index (κ1) is 15.4. The number of Topliss-reactive ketones (excluding diaryl/α,β-unsaturated/α-hetero) is 1. The lowest BCUT2D eigenvalue weighted by molar-refractivity contribution is 0.102. The Bertz CT molecular complexity index is 442. The normalized spacial score (nSPS) is 16.4. The molecule has 20 heavy (non-hydrogen) atoms. The van der Waals surface area contributed by atoms with Gasteiger partial charge in [-0.05, 0) is 32.8 Å². The molecule has 0 atom stereocenters. The number of rotatable bonds is 6. The second-order valence-electron chi connectivity index (χ2n) is 5.57. The van der Waals surface area contributed by atoms with Gasteiger partial charge in [0.15, 0.2) is 5.78 Å². The molecular formula is C16H23NO2S. The van der Waals surface area contributed by atoms with Crippen molar-refractivity contribution in [3.63, 3.8) is 0 Å². The molecule has 1 saturated carbocycles. The average Bonchev–Trinajstić information content (AvgIpc) is 2.45. The molecule has 0 N–H and O–H groups in total. The molecule has 2 rings (SSSR count). The zero-order valence-corrected chi connectivity index (χ0v) is 13.1. The van der Waals surface area contributed by atoms with E-state index in [2.05, 4.69) is 4.98 Å². The van der Waals surface area contributed by atoms with Crippen molar-refractivity contribution in [2.24, 2.45) is 0 Å². The molecule has 110 valence electrons. The molecule has 1 aliphatic rings. The first-order chi connectivity index (χ1) is 9.65. The van der Waals surface area contributed by atoms with E-state index in [1.54, 1.807) is 30.2 Å². The SMILES string of the molecule is CC(C)Oc1cncc(C(=O)CSC2CCCCC2)c1. The van der Waals surface area contributed by atoms with Gasteiger partial charge in [-0.3, -0.25) is 9.78 Å². The Morgan fingerprint density at radius 2 is 2.10 bits per heavy atom. The van der Waals surface area contributed by atoms with E-state index >= 15 is 0 Å². The van der Waals surface area contributed by atoms with Crippen molar-refractivity contribution in [2.45, 2.75) is 57.3 Å². The predicted molar refractivity (Wildman–Crippen MR) is 83.7 cm³/mol. The van der Waals surface area contributed by atoms with Crippen molar-refractivity contribution in [2.75, 3.05) is 5.75 Å². The van der Waals surface area contributed by atoms with Crippen LogP contribution in [0.25, 0.3) is 0 Å². The highest BCUT2D eigenvalue weighted by Gasteiger charge is 2.16. The largest absolute Gasteiger partial charge is 0.489 e. The number of hydrogen-bond donors (Lipinski definition) is 0. The molecule has 1 aromatic rings. The fourth-order valence-corrected chi connectivity index (χ4v) is 3.64. The number of ether oxygens (including phenoxy) is 1. The maximum absolute atomic E-state index is 12.2. The minimum absolute atomic E-state index is 0.0961. The molecule has 0 aliphatic heterocycles. The van der Waals surface area contributed by atoms with E-state index < -0.39 is 0 Å². The summed E-state index contributed by atoms with van der Waals surface area (Å²) in [7, 11) is 0. The lowest BCUT2D eigenvalue weighted by Crippen LogP contribution is -2.13. The first-order valence-electron chi connectivity index (χ1n) is 7.41. The maximum Gasteiger partial charge on any atom is 0.174 e. The van der Waals surface area contributed by atoms with Gasteiger partial charge in [-0.25, -0.2) is 0 Å². The molecule has 0 bridgehead atoms. The summed E-state index contributed by atoms with van der Waals surface area (Å²) in [6.07, 6.45) is 9.88. The number of thioether (sulfide) groups is 1. The van der Waals surface area contributed by atoms with Crippen LogP contribution in [0.1, 0.15) is 56.3 Å². The van der Waals surface area contributed by atoms with Gasteiger partial charge < -0.3 is 4.74 Å². The number of aromatic nitrogens is 1. The van der Waals surface area contributed by atoms with Gasteiger partial charge in [0, 0.05) is 17.0 Å². The minimum Gasteiger partial charge on any atom is -0.489 e. The van der Waals surface area contributed by atoms with Crippen LogP contribution in [0, 0.1) is 0 Å². The van der Waals surface area contributed by atoms with Gasteiger partial charge >= 0.3 is 0 Å². The van der Waals surface area contributed by atoms with Crippen LogP contribution in [0.3, 0.4) is 0 Å². The number of carbonyl (C=O) groups excluding carboxylic acids is 1. The summed E-state index contributed by atoms with van der Waals surface area (Å²) < 4.78 is 5.58. The van der Waals surface area contributed by atoms with E-state index in [1.807, 2.05) is 13.8 Å². The lowest BCUT2D eigenvalue weighted by Gasteiger charge is -2.20. The Balaban J connectivity index is 1.88. The summed E-state index contributed by atoms with van der Waals surface area (Å²) in [6.45, 7) is 3.93. The quantitative estimate of drug-likeness (QED) is 0.740. The molecular weight excluding hydrogens is 270 g/mol. The van der Waals surface area contributed by atoms with Gasteiger partial charge in [0.25, 0.3) is 0 Å². The summed E-state index contributed by atoms with van der Waals surface area (Å²) in [4.78, 5) is 16.3. The fourth-order valence-electron chi connectivity index (χ4n) is 2.42. The molecule has 3 nitrogen and oxygen atoms in total. The van der Waals surface area contributed by atoms with E-state index in [0.717, 1.165) is 0 Å². The Labute approximate surface area is 125 Å². The minimum atomic E-state index is 0.0961. The van der Waals surface area contributed by atoms with E-state index in [0.29, 0.717) is 22.3 Å². The molecule has 0 amide bonds. The Morgan fingerprint density at radius 3 is 2.80 bits per heavy atom. The highest BCUT2D eigenvalue weighted by atomic mass is 32.2. The molecule has 0 spiro atoms. The van der Waals surface area contributed by atoms with E-state index in [4.69, 9.17) is 4.74 Å². The summed E-state index contributed by atoms with van der Waals surface area (Å²) in [5.41, 5.74) is 0.659. The van der Waals surface area contributed by atoms with Crippen molar-refractivity contribution in [3.8, 4) is 5.75 Å². The molecule has 1 aromatic heterocycles. The van der Waals surface area contributed by atoms with Crippen molar-refractivity contribution in [3.05, 3.63) is 24.0 Å². The third-order valence-electron chi connectivity index (χ3n) is 3.41. The van der Waals surface area contributed by atoms with Gasteiger partial charge in [0.05, 0.1) is 18.1 Å².